The van der Waals surface area contributed by atoms with Crippen molar-refractivity contribution in [2.24, 2.45) is 5.92 Å². The number of nitrogens with zero attached hydrogens (tertiary/aromatic N) is 1. The van der Waals surface area contributed by atoms with E-state index in [1.807, 2.05) is 0 Å². The highest BCUT2D eigenvalue weighted by atomic mass is 15.1. The average molecular weight is 153 g/mol. The predicted molar refractivity (Wildman–Crippen MR) is 48.4 cm³/mol. The first-order valence-corrected chi connectivity index (χ1v) is 4.68. The van der Waals surface area contributed by atoms with Crippen molar-refractivity contribution in [2.75, 3.05) is 13.1 Å². The van der Waals surface area contributed by atoms with Gasteiger partial charge in [-0.2, -0.15) is 0 Å². The minimum absolute atomic E-state index is 0.716. The highest BCUT2D eigenvalue weighted by molar-refractivity contribution is 4.74. The van der Waals surface area contributed by atoms with Gasteiger partial charge in [0.1, 0.15) is 0 Å². The molecule has 1 heterocycles. The molecule has 1 rings (SSSR count). The van der Waals surface area contributed by atoms with Gasteiger partial charge in [-0.05, 0) is 59.0 Å². The molecule has 1 aliphatic heterocycles. The summed E-state index contributed by atoms with van der Waals surface area (Å²) in [7, 11) is 0. The fourth-order valence-corrected chi connectivity index (χ4v) is 1.71. The van der Waals surface area contributed by atoms with Gasteiger partial charge >= 0.3 is 0 Å². The molecule has 1 saturated heterocycles. The standard InChI is InChI=1S/C10H19N/c1-4-10-5-7-11(8-6-10)9(2)3/h1,9-10H,4-8H2,2-3H3. The normalized spacial score (nSPS) is 22.9. The van der Waals surface area contributed by atoms with E-state index in [9.17, 15) is 0 Å². The van der Waals surface area contributed by atoms with Gasteiger partial charge in [0, 0.05) is 6.04 Å². The number of hydrogen-bond donors (Lipinski definition) is 0. The maximum atomic E-state index is 5.61. The fraction of sp³-hybridized carbons (Fsp3) is 0.900. The van der Waals surface area contributed by atoms with Crippen LogP contribution >= 0.6 is 0 Å². The van der Waals surface area contributed by atoms with Gasteiger partial charge in [0.2, 0.25) is 0 Å². The summed E-state index contributed by atoms with van der Waals surface area (Å²) in [6.07, 6.45) is 3.48. The van der Waals surface area contributed by atoms with Crippen LogP contribution in [0, 0.1) is 12.8 Å². The number of likely N-dealkylation sites (tertiary alicyclic amines) is 1. The SMILES string of the molecule is [CH]CC1CCN(C(C)C)CC1. The summed E-state index contributed by atoms with van der Waals surface area (Å²) in [4.78, 5) is 2.53. The molecular formula is C10H19N. The van der Waals surface area contributed by atoms with Crippen LogP contribution in [0.3, 0.4) is 0 Å². The molecule has 0 aromatic rings. The van der Waals surface area contributed by atoms with Gasteiger partial charge in [0.15, 0.2) is 0 Å². The number of hydrogen-bond acceptors (Lipinski definition) is 1. The molecule has 1 heteroatoms. The van der Waals surface area contributed by atoms with E-state index in [0.29, 0.717) is 6.04 Å². The van der Waals surface area contributed by atoms with Crippen LogP contribution in [-0.4, -0.2) is 24.0 Å². The highest BCUT2D eigenvalue weighted by Crippen LogP contribution is 2.20. The van der Waals surface area contributed by atoms with Gasteiger partial charge in [-0.25, -0.2) is 0 Å². The Kier molecular flexibility index (Phi) is 3.38. The molecular weight excluding hydrogens is 134 g/mol. The summed E-state index contributed by atoms with van der Waals surface area (Å²) in [6, 6.07) is 0.716. The molecule has 0 bridgehead atoms. The first-order chi connectivity index (χ1) is 5.24. The molecule has 64 valence electrons. The molecule has 1 aliphatic rings. The van der Waals surface area contributed by atoms with Crippen molar-refractivity contribution < 1.29 is 0 Å². The third-order valence-corrected chi connectivity index (χ3v) is 2.71. The highest BCUT2D eigenvalue weighted by Gasteiger charge is 2.18. The molecule has 0 unspecified atom stereocenters. The maximum Gasteiger partial charge on any atom is 0.00385 e. The lowest BCUT2D eigenvalue weighted by Crippen LogP contribution is -2.38. The smallest absolute Gasteiger partial charge is 0.00385 e. The molecule has 0 saturated carbocycles. The van der Waals surface area contributed by atoms with Crippen LogP contribution in [-0.2, 0) is 0 Å². The summed E-state index contributed by atoms with van der Waals surface area (Å²) in [5, 5.41) is 0. The van der Waals surface area contributed by atoms with Crippen LogP contribution < -0.4 is 0 Å². The molecule has 1 fully saturated rings. The second kappa shape index (κ2) is 4.10. The largest absolute Gasteiger partial charge is 0.301 e. The average Bonchev–Trinajstić information content (AvgIpc) is 2.05. The van der Waals surface area contributed by atoms with Crippen LogP contribution in [0.5, 0.6) is 0 Å². The molecule has 0 atom stereocenters. The number of rotatable bonds is 2. The quantitative estimate of drug-likeness (QED) is 0.588. The second-order valence-corrected chi connectivity index (χ2v) is 3.81. The summed E-state index contributed by atoms with van der Waals surface area (Å²) in [5.74, 6) is 0.796. The maximum absolute atomic E-state index is 5.61. The van der Waals surface area contributed by atoms with Crippen molar-refractivity contribution in [3.63, 3.8) is 0 Å². The first kappa shape index (κ1) is 9.05. The molecule has 11 heavy (non-hydrogen) atoms. The molecule has 0 aliphatic carbocycles. The number of piperidine rings is 1. The van der Waals surface area contributed by atoms with E-state index in [1.54, 1.807) is 0 Å². The predicted octanol–water partition coefficient (Wildman–Crippen LogP) is 2.21. The Bertz CT molecular complexity index is 101. The van der Waals surface area contributed by atoms with Crippen LogP contribution in [0.15, 0.2) is 0 Å². The van der Waals surface area contributed by atoms with Crippen molar-refractivity contribution in [2.45, 2.75) is 39.2 Å². The zero-order chi connectivity index (χ0) is 8.27. The topological polar surface area (TPSA) is 3.24 Å². The van der Waals surface area contributed by atoms with Crippen molar-refractivity contribution >= 4 is 0 Å². The first-order valence-electron chi connectivity index (χ1n) is 4.68. The van der Waals surface area contributed by atoms with E-state index in [0.717, 1.165) is 12.3 Å². The molecule has 0 aromatic carbocycles. The Hall–Kier alpha value is -0.0400. The lowest BCUT2D eigenvalue weighted by Gasteiger charge is -2.34. The lowest BCUT2D eigenvalue weighted by molar-refractivity contribution is 0.150. The zero-order valence-corrected chi connectivity index (χ0v) is 7.71. The van der Waals surface area contributed by atoms with Crippen molar-refractivity contribution in [3.8, 4) is 0 Å². The van der Waals surface area contributed by atoms with Gasteiger partial charge in [0.05, 0.1) is 0 Å². The Morgan fingerprint density at radius 3 is 2.27 bits per heavy atom. The van der Waals surface area contributed by atoms with Gasteiger partial charge in [0.25, 0.3) is 0 Å². The van der Waals surface area contributed by atoms with Crippen molar-refractivity contribution in [1.82, 2.24) is 4.90 Å². The Balaban J connectivity index is 2.24. The third kappa shape index (κ3) is 2.48. The van der Waals surface area contributed by atoms with E-state index in [1.165, 1.54) is 25.9 Å². The monoisotopic (exact) mass is 153 g/mol. The van der Waals surface area contributed by atoms with Crippen LogP contribution in [0.1, 0.15) is 33.1 Å². The van der Waals surface area contributed by atoms with Crippen LogP contribution in [0.4, 0.5) is 0 Å². The third-order valence-electron chi connectivity index (χ3n) is 2.71. The van der Waals surface area contributed by atoms with Gasteiger partial charge < -0.3 is 4.90 Å². The van der Waals surface area contributed by atoms with Crippen molar-refractivity contribution in [1.29, 1.82) is 0 Å². The molecule has 0 aromatic heterocycles. The molecule has 2 radical (unpaired) electrons. The van der Waals surface area contributed by atoms with E-state index in [4.69, 9.17) is 6.92 Å². The molecule has 1 nitrogen and oxygen atoms in total. The molecule has 0 amide bonds. The summed E-state index contributed by atoms with van der Waals surface area (Å²) >= 11 is 0. The van der Waals surface area contributed by atoms with Crippen LogP contribution in [0.25, 0.3) is 0 Å². The van der Waals surface area contributed by atoms with E-state index in [-0.39, 0.29) is 0 Å². The fourth-order valence-electron chi connectivity index (χ4n) is 1.71. The summed E-state index contributed by atoms with van der Waals surface area (Å²) < 4.78 is 0. The zero-order valence-electron chi connectivity index (χ0n) is 7.71. The minimum atomic E-state index is 0.716. The van der Waals surface area contributed by atoms with Crippen molar-refractivity contribution in [3.05, 3.63) is 6.92 Å². The van der Waals surface area contributed by atoms with Gasteiger partial charge in [-0.15, -0.1) is 0 Å². The Morgan fingerprint density at radius 1 is 1.36 bits per heavy atom. The molecule has 0 spiro atoms. The van der Waals surface area contributed by atoms with Gasteiger partial charge in [-0.1, -0.05) is 0 Å². The lowest BCUT2D eigenvalue weighted by atomic mass is 9.94. The second-order valence-electron chi connectivity index (χ2n) is 3.81. The van der Waals surface area contributed by atoms with E-state index >= 15 is 0 Å². The van der Waals surface area contributed by atoms with E-state index in [2.05, 4.69) is 18.7 Å². The Morgan fingerprint density at radius 2 is 1.91 bits per heavy atom. The Labute approximate surface area is 70.8 Å². The van der Waals surface area contributed by atoms with E-state index < -0.39 is 0 Å². The minimum Gasteiger partial charge on any atom is -0.301 e. The van der Waals surface area contributed by atoms with Gasteiger partial charge in [-0.3, -0.25) is 0 Å². The summed E-state index contributed by atoms with van der Waals surface area (Å²) in [5.41, 5.74) is 0. The van der Waals surface area contributed by atoms with Crippen LogP contribution in [0.2, 0.25) is 0 Å². The molecule has 0 N–H and O–H groups in total. The summed E-state index contributed by atoms with van der Waals surface area (Å²) in [6.45, 7) is 12.6.